The number of halogens is 1. The minimum atomic E-state index is -0.384. The second-order valence-corrected chi connectivity index (χ2v) is 6.20. The van der Waals surface area contributed by atoms with Gasteiger partial charge in [-0.25, -0.2) is 0 Å². The van der Waals surface area contributed by atoms with Gasteiger partial charge in [0.1, 0.15) is 0 Å². The average Bonchev–Trinajstić information content (AvgIpc) is 2.71. The maximum absolute atomic E-state index is 11.8. The van der Waals surface area contributed by atoms with E-state index in [-0.39, 0.29) is 30.3 Å². The number of rotatable bonds is 6. The van der Waals surface area contributed by atoms with Gasteiger partial charge in [-0.3, -0.25) is 9.69 Å². The fraction of sp³-hybridized carbons (Fsp3) is 0.929. The van der Waals surface area contributed by atoms with Crippen molar-refractivity contribution in [3.05, 3.63) is 0 Å². The highest BCUT2D eigenvalue weighted by molar-refractivity contribution is 5.85. The van der Waals surface area contributed by atoms with E-state index in [2.05, 4.69) is 24.1 Å². The Kier molecular flexibility index (Phi) is 8.62. The molecule has 1 heterocycles. The van der Waals surface area contributed by atoms with E-state index in [1.54, 1.807) is 0 Å². The molecule has 1 aliphatic heterocycles. The number of likely N-dealkylation sites (tertiary alicyclic amines) is 1. The molecule has 5 heteroatoms. The predicted octanol–water partition coefficient (Wildman–Crippen LogP) is 1.63. The zero-order valence-corrected chi connectivity index (χ0v) is 13.5. The van der Waals surface area contributed by atoms with E-state index in [9.17, 15) is 4.79 Å². The average molecular weight is 292 g/mol. The van der Waals surface area contributed by atoms with Gasteiger partial charge in [0, 0.05) is 19.1 Å². The Labute approximate surface area is 123 Å². The second kappa shape index (κ2) is 8.77. The topological polar surface area (TPSA) is 58.4 Å². The van der Waals surface area contributed by atoms with Gasteiger partial charge < -0.3 is 11.1 Å². The van der Waals surface area contributed by atoms with Gasteiger partial charge in [0.2, 0.25) is 5.91 Å². The maximum Gasteiger partial charge on any atom is 0.237 e. The van der Waals surface area contributed by atoms with Crippen LogP contribution in [0, 0.1) is 11.8 Å². The molecule has 0 aromatic carbocycles. The highest BCUT2D eigenvalue weighted by Crippen LogP contribution is 2.18. The third kappa shape index (κ3) is 6.11. The molecule has 0 radical (unpaired) electrons. The van der Waals surface area contributed by atoms with Crippen molar-refractivity contribution in [3.63, 3.8) is 0 Å². The standard InChI is InChI=1S/C14H29N3O.ClH/c1-10(2)9-17-7-5-6-12(17)8-16-14(18)13(15)11(3)4;/h10-13H,5-9,15H2,1-4H3,(H,16,18);1H/t12-,13+;/m1./s1. The summed E-state index contributed by atoms with van der Waals surface area (Å²) in [6.07, 6.45) is 2.42. The zero-order chi connectivity index (χ0) is 13.7. The molecule has 0 bridgehead atoms. The Morgan fingerprint density at radius 3 is 2.53 bits per heavy atom. The minimum absolute atomic E-state index is 0. The molecule has 2 atom stereocenters. The third-order valence-electron chi connectivity index (χ3n) is 3.63. The fourth-order valence-corrected chi connectivity index (χ4v) is 2.47. The number of carbonyl (C=O) groups excluding carboxylic acids is 1. The lowest BCUT2D eigenvalue weighted by Crippen LogP contribution is -2.48. The zero-order valence-electron chi connectivity index (χ0n) is 12.7. The van der Waals surface area contributed by atoms with Crippen molar-refractivity contribution >= 4 is 18.3 Å². The molecule has 0 saturated carbocycles. The highest BCUT2D eigenvalue weighted by Gasteiger charge is 2.26. The van der Waals surface area contributed by atoms with Gasteiger partial charge in [-0.05, 0) is 31.2 Å². The van der Waals surface area contributed by atoms with E-state index in [1.165, 1.54) is 12.8 Å². The van der Waals surface area contributed by atoms with Crippen molar-refractivity contribution in [2.24, 2.45) is 17.6 Å². The number of hydrogen-bond donors (Lipinski definition) is 2. The minimum Gasteiger partial charge on any atom is -0.353 e. The van der Waals surface area contributed by atoms with Gasteiger partial charge >= 0.3 is 0 Å². The summed E-state index contributed by atoms with van der Waals surface area (Å²) in [7, 11) is 0. The number of carbonyl (C=O) groups is 1. The van der Waals surface area contributed by atoms with Crippen LogP contribution in [0.3, 0.4) is 0 Å². The van der Waals surface area contributed by atoms with Crippen LogP contribution >= 0.6 is 12.4 Å². The van der Waals surface area contributed by atoms with Crippen LogP contribution in [-0.2, 0) is 4.79 Å². The molecule has 1 aliphatic rings. The monoisotopic (exact) mass is 291 g/mol. The van der Waals surface area contributed by atoms with Gasteiger partial charge in [-0.1, -0.05) is 27.7 Å². The summed E-state index contributed by atoms with van der Waals surface area (Å²) in [5, 5.41) is 3.00. The summed E-state index contributed by atoms with van der Waals surface area (Å²) in [5.41, 5.74) is 5.83. The molecule has 0 aromatic rings. The second-order valence-electron chi connectivity index (χ2n) is 6.20. The molecule has 19 heavy (non-hydrogen) atoms. The lowest BCUT2D eigenvalue weighted by atomic mass is 10.0. The van der Waals surface area contributed by atoms with E-state index in [0.29, 0.717) is 12.0 Å². The Balaban J connectivity index is 0.00000324. The van der Waals surface area contributed by atoms with Gasteiger partial charge in [0.15, 0.2) is 0 Å². The van der Waals surface area contributed by atoms with E-state index < -0.39 is 0 Å². The van der Waals surface area contributed by atoms with Gasteiger partial charge in [0.25, 0.3) is 0 Å². The first-order valence-electron chi connectivity index (χ1n) is 7.19. The van der Waals surface area contributed by atoms with Crippen LogP contribution in [0.25, 0.3) is 0 Å². The van der Waals surface area contributed by atoms with Crippen molar-refractivity contribution in [1.82, 2.24) is 10.2 Å². The van der Waals surface area contributed by atoms with Crippen molar-refractivity contribution in [1.29, 1.82) is 0 Å². The molecule has 1 fully saturated rings. The van der Waals surface area contributed by atoms with Crippen LogP contribution in [0.4, 0.5) is 0 Å². The lowest BCUT2D eigenvalue weighted by molar-refractivity contribution is -0.123. The number of amides is 1. The van der Waals surface area contributed by atoms with Crippen LogP contribution in [0.15, 0.2) is 0 Å². The van der Waals surface area contributed by atoms with E-state index >= 15 is 0 Å². The SMILES string of the molecule is CC(C)CN1CCC[C@@H]1CNC(=O)[C@@H](N)C(C)C.Cl. The molecule has 0 unspecified atom stereocenters. The number of nitrogens with zero attached hydrogens (tertiary/aromatic N) is 1. The molecule has 4 nitrogen and oxygen atoms in total. The molecule has 0 spiro atoms. The predicted molar refractivity (Wildman–Crippen MR) is 82.5 cm³/mol. The van der Waals surface area contributed by atoms with Crippen molar-refractivity contribution in [3.8, 4) is 0 Å². The molecule has 1 rings (SSSR count). The Bertz CT molecular complexity index is 271. The number of nitrogens with two attached hydrogens (primary N) is 1. The summed E-state index contributed by atoms with van der Waals surface area (Å²) in [5.74, 6) is 0.862. The van der Waals surface area contributed by atoms with Crippen LogP contribution in [0.2, 0.25) is 0 Å². The number of hydrogen-bond acceptors (Lipinski definition) is 3. The van der Waals surface area contributed by atoms with Crippen molar-refractivity contribution in [2.45, 2.75) is 52.6 Å². The van der Waals surface area contributed by atoms with Crippen LogP contribution < -0.4 is 11.1 Å². The van der Waals surface area contributed by atoms with Crippen LogP contribution in [0.1, 0.15) is 40.5 Å². The highest BCUT2D eigenvalue weighted by atomic mass is 35.5. The summed E-state index contributed by atoms with van der Waals surface area (Å²) >= 11 is 0. The van der Waals surface area contributed by atoms with Crippen LogP contribution in [-0.4, -0.2) is 42.5 Å². The Morgan fingerprint density at radius 2 is 2.00 bits per heavy atom. The smallest absolute Gasteiger partial charge is 0.237 e. The number of nitrogens with one attached hydrogen (secondary N) is 1. The summed E-state index contributed by atoms with van der Waals surface area (Å²) in [6, 6.07) is 0.112. The van der Waals surface area contributed by atoms with Gasteiger partial charge in [-0.15, -0.1) is 12.4 Å². The molecule has 0 aromatic heterocycles. The van der Waals surface area contributed by atoms with Crippen molar-refractivity contribution in [2.75, 3.05) is 19.6 Å². The fourth-order valence-electron chi connectivity index (χ4n) is 2.47. The molecular formula is C14H30ClN3O. The van der Waals surface area contributed by atoms with Gasteiger partial charge in [-0.2, -0.15) is 0 Å². The Hall–Kier alpha value is -0.320. The van der Waals surface area contributed by atoms with E-state index in [4.69, 9.17) is 5.73 Å². The van der Waals surface area contributed by atoms with E-state index in [1.807, 2.05) is 13.8 Å². The van der Waals surface area contributed by atoms with Crippen molar-refractivity contribution < 1.29 is 4.79 Å². The molecule has 1 saturated heterocycles. The summed E-state index contributed by atoms with van der Waals surface area (Å²) < 4.78 is 0. The first-order chi connectivity index (χ1) is 8.41. The molecule has 0 aliphatic carbocycles. The summed E-state index contributed by atoms with van der Waals surface area (Å²) in [6.45, 7) is 11.5. The first kappa shape index (κ1) is 18.7. The summed E-state index contributed by atoms with van der Waals surface area (Å²) in [4.78, 5) is 14.3. The Morgan fingerprint density at radius 1 is 1.37 bits per heavy atom. The maximum atomic E-state index is 11.8. The molecule has 3 N–H and O–H groups in total. The normalized spacial score (nSPS) is 21.5. The first-order valence-corrected chi connectivity index (χ1v) is 7.19. The van der Waals surface area contributed by atoms with Crippen LogP contribution in [0.5, 0.6) is 0 Å². The quantitative estimate of drug-likeness (QED) is 0.782. The molecule has 1 amide bonds. The lowest BCUT2D eigenvalue weighted by Gasteiger charge is -2.27. The molecular weight excluding hydrogens is 262 g/mol. The van der Waals surface area contributed by atoms with Gasteiger partial charge in [0.05, 0.1) is 6.04 Å². The van der Waals surface area contributed by atoms with E-state index in [0.717, 1.165) is 19.6 Å². The largest absolute Gasteiger partial charge is 0.353 e. The molecule has 114 valence electrons. The third-order valence-corrected chi connectivity index (χ3v) is 3.63.